The van der Waals surface area contributed by atoms with Crippen LogP contribution >= 0.6 is 0 Å². The van der Waals surface area contributed by atoms with E-state index in [0.29, 0.717) is 18.5 Å². The van der Waals surface area contributed by atoms with Gasteiger partial charge in [0.1, 0.15) is 0 Å². The van der Waals surface area contributed by atoms with Gasteiger partial charge in [0.05, 0.1) is 11.5 Å². The highest BCUT2D eigenvalue weighted by atomic mass is 32.2. The van der Waals surface area contributed by atoms with Gasteiger partial charge in [-0.15, -0.1) is 0 Å². The minimum atomic E-state index is -3.00. The molecule has 5 heteroatoms. The van der Waals surface area contributed by atoms with Crippen molar-refractivity contribution in [2.45, 2.75) is 19.4 Å². The molecule has 0 aromatic heterocycles. The highest BCUT2D eigenvalue weighted by Gasteiger charge is 2.34. The zero-order chi connectivity index (χ0) is 17.2. The highest BCUT2D eigenvalue weighted by Crippen LogP contribution is 2.22. The topological polar surface area (TPSA) is 54.5 Å². The van der Waals surface area contributed by atoms with Crippen molar-refractivity contribution >= 4 is 15.7 Å². The number of hydrogen-bond acceptors (Lipinski definition) is 3. The van der Waals surface area contributed by atoms with Gasteiger partial charge in [0.25, 0.3) is 5.91 Å². The van der Waals surface area contributed by atoms with Gasteiger partial charge in [0, 0.05) is 18.2 Å². The molecule has 24 heavy (non-hydrogen) atoms. The second-order valence-electron chi connectivity index (χ2n) is 6.09. The number of benzene rings is 2. The smallest absolute Gasteiger partial charge is 0.254 e. The van der Waals surface area contributed by atoms with Crippen LogP contribution < -0.4 is 0 Å². The molecule has 1 heterocycles. The molecule has 2 aromatic carbocycles. The van der Waals surface area contributed by atoms with Crippen LogP contribution in [-0.4, -0.2) is 43.3 Å². The minimum Gasteiger partial charge on any atom is -0.335 e. The van der Waals surface area contributed by atoms with Crippen LogP contribution in [0.2, 0.25) is 0 Å². The van der Waals surface area contributed by atoms with Crippen LogP contribution in [0, 0.1) is 0 Å². The van der Waals surface area contributed by atoms with Gasteiger partial charge >= 0.3 is 0 Å². The first kappa shape index (κ1) is 16.7. The van der Waals surface area contributed by atoms with Crippen molar-refractivity contribution < 1.29 is 13.2 Å². The Morgan fingerprint density at radius 2 is 1.67 bits per heavy atom. The summed E-state index contributed by atoms with van der Waals surface area (Å²) in [5.41, 5.74) is 2.75. The maximum Gasteiger partial charge on any atom is 0.254 e. The molecule has 4 nitrogen and oxygen atoms in total. The predicted molar refractivity (Wildman–Crippen MR) is 95.6 cm³/mol. The van der Waals surface area contributed by atoms with Crippen LogP contribution in [0.3, 0.4) is 0 Å². The van der Waals surface area contributed by atoms with E-state index in [9.17, 15) is 13.2 Å². The molecule has 1 fully saturated rings. The Balaban J connectivity index is 1.79. The van der Waals surface area contributed by atoms with E-state index >= 15 is 0 Å². The van der Waals surface area contributed by atoms with Gasteiger partial charge < -0.3 is 4.90 Å². The summed E-state index contributed by atoms with van der Waals surface area (Å²) >= 11 is 0. The fraction of sp³-hybridized carbons (Fsp3) is 0.316. The lowest BCUT2D eigenvalue weighted by atomic mass is 10.0. The summed E-state index contributed by atoms with van der Waals surface area (Å²) in [4.78, 5) is 14.4. The molecule has 0 unspecified atom stereocenters. The van der Waals surface area contributed by atoms with Crippen LogP contribution in [0.1, 0.15) is 23.7 Å². The van der Waals surface area contributed by atoms with Crippen LogP contribution in [0.25, 0.3) is 11.1 Å². The molecule has 126 valence electrons. The van der Waals surface area contributed by atoms with Crippen molar-refractivity contribution in [3.63, 3.8) is 0 Å². The Kier molecular flexibility index (Phi) is 4.71. The van der Waals surface area contributed by atoms with E-state index in [4.69, 9.17) is 0 Å². The third-order valence-electron chi connectivity index (χ3n) is 4.49. The Morgan fingerprint density at radius 1 is 1.04 bits per heavy atom. The van der Waals surface area contributed by atoms with Gasteiger partial charge in [0.2, 0.25) is 0 Å². The molecule has 0 aliphatic carbocycles. The fourth-order valence-electron chi connectivity index (χ4n) is 3.19. The molecule has 3 rings (SSSR count). The zero-order valence-corrected chi connectivity index (χ0v) is 14.5. The lowest BCUT2D eigenvalue weighted by Gasteiger charge is -2.27. The Hall–Kier alpha value is -2.14. The van der Waals surface area contributed by atoms with E-state index in [1.807, 2.05) is 61.5 Å². The predicted octanol–water partition coefficient (Wildman–Crippen LogP) is 3.00. The van der Waals surface area contributed by atoms with Gasteiger partial charge in [-0.25, -0.2) is 8.42 Å². The number of hydrogen-bond donors (Lipinski definition) is 0. The number of carbonyl (C=O) groups excluding carboxylic acids is 1. The molecule has 1 atom stereocenters. The summed E-state index contributed by atoms with van der Waals surface area (Å²) in [6.45, 7) is 2.40. The van der Waals surface area contributed by atoms with E-state index in [0.717, 1.165) is 11.1 Å². The summed E-state index contributed by atoms with van der Waals surface area (Å²) in [5, 5.41) is 0. The summed E-state index contributed by atoms with van der Waals surface area (Å²) < 4.78 is 23.4. The maximum atomic E-state index is 12.8. The van der Waals surface area contributed by atoms with Gasteiger partial charge in [-0.3, -0.25) is 4.79 Å². The molecule has 1 amide bonds. The van der Waals surface area contributed by atoms with E-state index < -0.39 is 9.84 Å². The number of rotatable bonds is 4. The van der Waals surface area contributed by atoms with Gasteiger partial charge in [-0.05, 0) is 36.6 Å². The van der Waals surface area contributed by atoms with Crippen molar-refractivity contribution in [2.24, 2.45) is 0 Å². The Labute approximate surface area is 143 Å². The average molecular weight is 343 g/mol. The van der Waals surface area contributed by atoms with Gasteiger partial charge in [0.15, 0.2) is 9.84 Å². The number of carbonyl (C=O) groups is 1. The molecular weight excluding hydrogens is 322 g/mol. The van der Waals surface area contributed by atoms with Crippen LogP contribution in [0.15, 0.2) is 54.6 Å². The first-order chi connectivity index (χ1) is 11.5. The van der Waals surface area contributed by atoms with Crippen molar-refractivity contribution in [1.29, 1.82) is 0 Å². The third-order valence-corrected chi connectivity index (χ3v) is 6.24. The Morgan fingerprint density at radius 3 is 2.21 bits per heavy atom. The SMILES string of the molecule is CCN(C(=O)c1ccc(-c2ccccc2)cc1)[C@H]1CCS(=O)(=O)C1. The second-order valence-corrected chi connectivity index (χ2v) is 8.32. The van der Waals surface area contributed by atoms with Crippen LogP contribution in [0.4, 0.5) is 0 Å². The molecule has 2 aromatic rings. The normalized spacial score (nSPS) is 19.1. The minimum absolute atomic E-state index is 0.0781. The monoisotopic (exact) mass is 343 g/mol. The van der Waals surface area contributed by atoms with Gasteiger partial charge in [-0.1, -0.05) is 42.5 Å². The van der Waals surface area contributed by atoms with E-state index in [2.05, 4.69) is 0 Å². The summed E-state index contributed by atoms with van der Waals surface area (Å²) in [6.07, 6.45) is 0.532. The van der Waals surface area contributed by atoms with E-state index in [1.165, 1.54) is 0 Å². The number of sulfone groups is 1. The number of amides is 1. The van der Waals surface area contributed by atoms with E-state index in [-0.39, 0.29) is 23.5 Å². The molecule has 0 N–H and O–H groups in total. The second kappa shape index (κ2) is 6.77. The lowest BCUT2D eigenvalue weighted by Crippen LogP contribution is -2.40. The number of nitrogens with zero attached hydrogens (tertiary/aromatic N) is 1. The third kappa shape index (κ3) is 3.51. The van der Waals surface area contributed by atoms with Crippen molar-refractivity contribution in [2.75, 3.05) is 18.1 Å². The van der Waals surface area contributed by atoms with Crippen molar-refractivity contribution in [3.8, 4) is 11.1 Å². The van der Waals surface area contributed by atoms with Crippen LogP contribution in [0.5, 0.6) is 0 Å². The molecule has 0 radical (unpaired) electrons. The molecule has 0 saturated carbocycles. The molecule has 1 saturated heterocycles. The fourth-order valence-corrected chi connectivity index (χ4v) is 4.92. The summed E-state index contributed by atoms with van der Waals surface area (Å²) in [6, 6.07) is 17.3. The standard InChI is InChI=1S/C19H21NO3S/c1-2-20(18-12-13-24(22,23)14-18)19(21)17-10-8-16(9-11-17)15-6-4-3-5-7-15/h3-11,18H,2,12-14H2,1H3/t18-/m0/s1. The molecule has 0 spiro atoms. The van der Waals surface area contributed by atoms with Crippen molar-refractivity contribution in [1.82, 2.24) is 4.90 Å². The zero-order valence-electron chi connectivity index (χ0n) is 13.7. The Bertz CT molecular complexity index is 813. The largest absolute Gasteiger partial charge is 0.335 e. The first-order valence-electron chi connectivity index (χ1n) is 8.17. The lowest BCUT2D eigenvalue weighted by molar-refractivity contribution is 0.0708. The molecule has 1 aliphatic rings. The molecule has 0 bridgehead atoms. The van der Waals surface area contributed by atoms with Crippen molar-refractivity contribution in [3.05, 3.63) is 60.2 Å². The van der Waals surface area contributed by atoms with E-state index in [1.54, 1.807) is 4.90 Å². The first-order valence-corrected chi connectivity index (χ1v) is 9.99. The quantitative estimate of drug-likeness (QED) is 0.857. The van der Waals surface area contributed by atoms with Gasteiger partial charge in [-0.2, -0.15) is 0 Å². The molecular formula is C19H21NO3S. The average Bonchev–Trinajstić information content (AvgIpc) is 2.96. The summed E-state index contributed by atoms with van der Waals surface area (Å²) in [5.74, 6) is 0.155. The summed E-state index contributed by atoms with van der Waals surface area (Å²) in [7, 11) is -3.00. The highest BCUT2D eigenvalue weighted by molar-refractivity contribution is 7.91. The van der Waals surface area contributed by atoms with Crippen LogP contribution in [-0.2, 0) is 9.84 Å². The molecule has 1 aliphatic heterocycles. The maximum absolute atomic E-state index is 12.8.